The van der Waals surface area contributed by atoms with Gasteiger partial charge in [-0.2, -0.15) is 0 Å². The first kappa shape index (κ1) is 14.1. The second-order valence-electron chi connectivity index (χ2n) is 3.78. The highest BCUT2D eigenvalue weighted by molar-refractivity contribution is 6.13. The van der Waals surface area contributed by atoms with Crippen LogP contribution in [0.5, 0.6) is 0 Å². The number of unbranched alkanes of at least 4 members (excludes halogenated alkanes) is 3. The van der Waals surface area contributed by atoms with Crippen LogP contribution in [0.1, 0.15) is 32.6 Å². The zero-order valence-electron chi connectivity index (χ0n) is 10.1. The first-order valence-electron chi connectivity index (χ1n) is 5.49. The molecule has 0 saturated heterocycles. The molecule has 0 aromatic heterocycles. The Morgan fingerprint density at radius 1 is 1.14 bits per heavy atom. The molecule has 0 aliphatic rings. The monoisotopic (exact) mass is 219 g/mol. The molecule has 1 N–H and O–H groups in total. The SMILES string of the molecule is CCCCCCNCC([SiH3])(OC)OC. The molecule has 0 heterocycles. The zero-order chi connectivity index (χ0) is 10.9. The molecule has 0 bridgehead atoms. The minimum absolute atomic E-state index is 0.343. The van der Waals surface area contributed by atoms with Gasteiger partial charge in [0.15, 0.2) is 5.41 Å². The van der Waals surface area contributed by atoms with Crippen LogP contribution < -0.4 is 5.32 Å². The predicted octanol–water partition coefficient (Wildman–Crippen LogP) is 0.468. The normalized spacial score (nSPS) is 12.2. The maximum Gasteiger partial charge on any atom is 0.152 e. The van der Waals surface area contributed by atoms with Gasteiger partial charge >= 0.3 is 0 Å². The maximum absolute atomic E-state index is 5.29. The van der Waals surface area contributed by atoms with E-state index in [1.165, 1.54) is 25.7 Å². The van der Waals surface area contributed by atoms with E-state index in [0.717, 1.165) is 23.3 Å². The molecule has 0 unspecified atom stereocenters. The van der Waals surface area contributed by atoms with Crippen LogP contribution in [0.15, 0.2) is 0 Å². The van der Waals surface area contributed by atoms with Gasteiger partial charge in [-0.15, -0.1) is 0 Å². The van der Waals surface area contributed by atoms with Crippen molar-refractivity contribution in [3.8, 4) is 0 Å². The molecule has 3 nitrogen and oxygen atoms in total. The molecule has 4 heteroatoms. The third-order valence-corrected chi connectivity index (χ3v) is 3.69. The lowest BCUT2D eigenvalue weighted by Gasteiger charge is -2.27. The molecular formula is C10H25NO2Si. The lowest BCUT2D eigenvalue weighted by atomic mass is 10.2. The van der Waals surface area contributed by atoms with E-state index in [-0.39, 0.29) is 5.41 Å². The van der Waals surface area contributed by atoms with Gasteiger partial charge in [-0.3, -0.25) is 0 Å². The van der Waals surface area contributed by atoms with E-state index < -0.39 is 0 Å². The molecule has 0 rings (SSSR count). The molecule has 0 radical (unpaired) electrons. The molecule has 0 aromatic carbocycles. The van der Waals surface area contributed by atoms with Crippen molar-refractivity contribution in [2.45, 2.75) is 38.0 Å². The molecule has 0 aliphatic carbocycles. The van der Waals surface area contributed by atoms with Gasteiger partial charge in [0.2, 0.25) is 0 Å². The van der Waals surface area contributed by atoms with Crippen molar-refractivity contribution in [1.29, 1.82) is 0 Å². The Morgan fingerprint density at radius 3 is 2.29 bits per heavy atom. The summed E-state index contributed by atoms with van der Waals surface area (Å²) in [5.74, 6) is 0. The van der Waals surface area contributed by atoms with E-state index in [9.17, 15) is 0 Å². The summed E-state index contributed by atoms with van der Waals surface area (Å²) < 4.78 is 10.6. The lowest BCUT2D eigenvalue weighted by molar-refractivity contribution is -0.138. The van der Waals surface area contributed by atoms with Crippen molar-refractivity contribution in [3.63, 3.8) is 0 Å². The van der Waals surface area contributed by atoms with Gasteiger partial charge in [-0.1, -0.05) is 26.2 Å². The van der Waals surface area contributed by atoms with Gasteiger partial charge < -0.3 is 14.8 Å². The summed E-state index contributed by atoms with van der Waals surface area (Å²) in [4.78, 5) is 0. The van der Waals surface area contributed by atoms with Crippen LogP contribution in [-0.4, -0.2) is 43.0 Å². The third-order valence-electron chi connectivity index (χ3n) is 2.52. The Kier molecular flexibility index (Phi) is 8.47. The second-order valence-corrected chi connectivity index (χ2v) is 5.30. The van der Waals surface area contributed by atoms with Crippen molar-refractivity contribution in [1.82, 2.24) is 5.32 Å². The van der Waals surface area contributed by atoms with Crippen LogP contribution in [0.4, 0.5) is 0 Å². The number of methoxy groups -OCH3 is 2. The van der Waals surface area contributed by atoms with Gasteiger partial charge in [0.1, 0.15) is 0 Å². The van der Waals surface area contributed by atoms with Gasteiger partial charge in [-0.25, -0.2) is 0 Å². The smallest absolute Gasteiger partial charge is 0.152 e. The van der Waals surface area contributed by atoms with Crippen molar-refractivity contribution in [3.05, 3.63) is 0 Å². The first-order valence-corrected chi connectivity index (χ1v) is 6.49. The Bertz CT molecular complexity index is 129. The zero-order valence-corrected chi connectivity index (χ0v) is 12.1. The van der Waals surface area contributed by atoms with Gasteiger partial charge in [0.05, 0.1) is 10.2 Å². The van der Waals surface area contributed by atoms with Crippen molar-refractivity contribution < 1.29 is 9.47 Å². The summed E-state index contributed by atoms with van der Waals surface area (Å²) in [6.45, 7) is 4.10. The summed E-state index contributed by atoms with van der Waals surface area (Å²) in [5.41, 5.74) is -0.343. The molecule has 0 aromatic rings. The fourth-order valence-corrected chi connectivity index (χ4v) is 1.47. The Balaban J connectivity index is 3.34. The van der Waals surface area contributed by atoms with Gasteiger partial charge in [0, 0.05) is 20.8 Å². The fourth-order valence-electron chi connectivity index (χ4n) is 1.22. The summed E-state index contributed by atoms with van der Waals surface area (Å²) in [6, 6.07) is 0. The molecule has 0 atom stereocenters. The van der Waals surface area contributed by atoms with E-state index in [0.29, 0.717) is 0 Å². The highest BCUT2D eigenvalue weighted by Gasteiger charge is 2.20. The maximum atomic E-state index is 5.29. The average Bonchev–Trinajstić information content (AvgIpc) is 2.23. The summed E-state index contributed by atoms with van der Waals surface area (Å²) in [5, 5.41) is 3.37. The van der Waals surface area contributed by atoms with Crippen LogP contribution in [0.3, 0.4) is 0 Å². The molecular weight excluding hydrogens is 194 g/mol. The molecule has 0 fully saturated rings. The third kappa shape index (κ3) is 6.54. The van der Waals surface area contributed by atoms with Gasteiger partial charge in [-0.05, 0) is 13.0 Å². The van der Waals surface area contributed by atoms with Gasteiger partial charge in [0.25, 0.3) is 0 Å². The highest BCUT2D eigenvalue weighted by Crippen LogP contribution is 2.03. The quantitative estimate of drug-likeness (QED) is 0.347. The lowest BCUT2D eigenvalue weighted by Crippen LogP contribution is -2.44. The number of rotatable bonds is 9. The van der Waals surface area contributed by atoms with Crippen LogP contribution in [0.2, 0.25) is 0 Å². The number of nitrogens with one attached hydrogen (secondary N) is 1. The molecule has 0 saturated carbocycles. The number of ether oxygens (including phenoxy) is 2. The fraction of sp³-hybridized carbons (Fsp3) is 1.00. The molecule has 14 heavy (non-hydrogen) atoms. The van der Waals surface area contributed by atoms with Crippen LogP contribution >= 0.6 is 0 Å². The standard InChI is InChI=1S/C10H25NO2Si/c1-4-5-6-7-8-11-9-10(14,12-2)13-3/h11H,4-9H2,1-3,14H3. The average molecular weight is 219 g/mol. The number of hydrogen-bond donors (Lipinski definition) is 1. The predicted molar refractivity (Wildman–Crippen MR) is 63.7 cm³/mol. The van der Waals surface area contributed by atoms with Crippen molar-refractivity contribution >= 4 is 10.2 Å². The van der Waals surface area contributed by atoms with Crippen molar-refractivity contribution in [2.75, 3.05) is 27.3 Å². The summed E-state index contributed by atoms with van der Waals surface area (Å²) >= 11 is 0. The van der Waals surface area contributed by atoms with Crippen LogP contribution in [0.25, 0.3) is 0 Å². The molecule has 0 spiro atoms. The second kappa shape index (κ2) is 8.41. The van der Waals surface area contributed by atoms with E-state index in [4.69, 9.17) is 9.47 Å². The van der Waals surface area contributed by atoms with E-state index in [1.54, 1.807) is 14.2 Å². The first-order chi connectivity index (χ1) is 6.68. The molecule has 0 aliphatic heterocycles. The topological polar surface area (TPSA) is 30.5 Å². The largest absolute Gasteiger partial charge is 0.357 e. The van der Waals surface area contributed by atoms with Crippen molar-refractivity contribution in [2.24, 2.45) is 0 Å². The van der Waals surface area contributed by atoms with Crippen LogP contribution in [-0.2, 0) is 9.47 Å². The Hall–Kier alpha value is 0.0969. The highest BCUT2D eigenvalue weighted by atomic mass is 28.1. The van der Waals surface area contributed by atoms with E-state index in [2.05, 4.69) is 12.2 Å². The van der Waals surface area contributed by atoms with E-state index >= 15 is 0 Å². The Morgan fingerprint density at radius 2 is 1.79 bits per heavy atom. The molecule has 86 valence electrons. The van der Waals surface area contributed by atoms with E-state index in [1.807, 2.05) is 0 Å². The number of hydrogen-bond acceptors (Lipinski definition) is 3. The summed E-state index contributed by atoms with van der Waals surface area (Å²) in [7, 11) is 4.29. The Labute approximate surface area is 91.0 Å². The van der Waals surface area contributed by atoms with Crippen LogP contribution in [0, 0.1) is 0 Å². The minimum Gasteiger partial charge on any atom is -0.357 e. The minimum atomic E-state index is -0.343. The summed E-state index contributed by atoms with van der Waals surface area (Å²) in [6.07, 6.45) is 5.19. The molecule has 0 amide bonds.